The smallest absolute Gasteiger partial charge is 0.306 e. The minimum absolute atomic E-state index is 0.0896. The van der Waals surface area contributed by atoms with Crippen molar-refractivity contribution in [2.75, 3.05) is 13.2 Å². The lowest BCUT2D eigenvalue weighted by atomic mass is 10.0. The van der Waals surface area contributed by atoms with Crippen LogP contribution in [0.2, 0.25) is 0 Å². The Bertz CT molecular complexity index is 1410. The van der Waals surface area contributed by atoms with E-state index in [1.165, 1.54) is 289 Å². The fourth-order valence-corrected chi connectivity index (χ4v) is 11.2. The highest BCUT2D eigenvalue weighted by Gasteiger charge is 2.19. The van der Waals surface area contributed by atoms with Gasteiger partial charge in [-0.15, -0.1) is 0 Å². The first kappa shape index (κ1) is 79.4. The zero-order valence-corrected chi connectivity index (χ0v) is 55.3. The van der Waals surface area contributed by atoms with Crippen LogP contribution in [-0.4, -0.2) is 37.2 Å². The van der Waals surface area contributed by atoms with Crippen LogP contribution in [0.1, 0.15) is 400 Å². The Labute approximate surface area is 511 Å². The second-order valence-electron chi connectivity index (χ2n) is 24.8. The Morgan fingerprint density at radius 3 is 0.744 bits per heavy atom. The zero-order chi connectivity index (χ0) is 59.2. The summed E-state index contributed by atoms with van der Waals surface area (Å²) in [5.74, 6) is -0.947. The molecule has 0 spiro atoms. The molecule has 0 aliphatic heterocycles. The second kappa shape index (κ2) is 70.9. The van der Waals surface area contributed by atoms with Gasteiger partial charge < -0.3 is 14.2 Å². The number of hydrogen-bond acceptors (Lipinski definition) is 6. The first-order chi connectivity index (χ1) is 40.5. The van der Waals surface area contributed by atoms with E-state index in [1.54, 1.807) is 0 Å². The molecular weight excluding hydrogens is 1010 g/mol. The van der Waals surface area contributed by atoms with Gasteiger partial charge in [0.05, 0.1) is 0 Å². The Hall–Kier alpha value is -2.63. The summed E-state index contributed by atoms with van der Waals surface area (Å²) in [6.45, 7) is 6.54. The second-order valence-corrected chi connectivity index (χ2v) is 24.8. The predicted octanol–water partition coefficient (Wildman–Crippen LogP) is 25.3. The molecule has 6 nitrogen and oxygen atoms in total. The molecule has 0 aliphatic rings. The molecule has 1 atom stereocenters. The summed E-state index contributed by atoms with van der Waals surface area (Å²) in [5.41, 5.74) is 0. The summed E-state index contributed by atoms with van der Waals surface area (Å²) in [5, 5.41) is 0. The van der Waals surface area contributed by atoms with Crippen molar-refractivity contribution in [3.8, 4) is 0 Å². The lowest BCUT2D eigenvalue weighted by molar-refractivity contribution is -0.166. The summed E-state index contributed by atoms with van der Waals surface area (Å²) in [7, 11) is 0. The molecule has 0 radical (unpaired) electrons. The van der Waals surface area contributed by atoms with Crippen molar-refractivity contribution in [3.05, 3.63) is 48.6 Å². The van der Waals surface area contributed by atoms with Crippen LogP contribution < -0.4 is 0 Å². The van der Waals surface area contributed by atoms with Gasteiger partial charge in [0.1, 0.15) is 13.2 Å². The molecule has 0 amide bonds. The van der Waals surface area contributed by atoms with Gasteiger partial charge in [0.15, 0.2) is 6.10 Å². The van der Waals surface area contributed by atoms with E-state index in [9.17, 15) is 14.4 Å². The van der Waals surface area contributed by atoms with E-state index < -0.39 is 6.10 Å². The van der Waals surface area contributed by atoms with Crippen molar-refractivity contribution in [1.82, 2.24) is 0 Å². The molecule has 1 unspecified atom stereocenters. The minimum Gasteiger partial charge on any atom is -0.462 e. The van der Waals surface area contributed by atoms with Crippen LogP contribution in [0.15, 0.2) is 48.6 Å². The zero-order valence-electron chi connectivity index (χ0n) is 55.3. The first-order valence-corrected chi connectivity index (χ1v) is 36.6. The Morgan fingerprint density at radius 1 is 0.256 bits per heavy atom. The number of allylic oxidation sites excluding steroid dienone is 8. The normalized spacial score (nSPS) is 12.3. The average molecular weight is 1150 g/mol. The highest BCUT2D eigenvalue weighted by molar-refractivity contribution is 5.71. The van der Waals surface area contributed by atoms with Crippen molar-refractivity contribution in [1.29, 1.82) is 0 Å². The number of unbranched alkanes of at least 4 members (excludes halogenated alkanes) is 49. The standard InChI is InChI=1S/C76H140O6/c1-4-7-10-13-16-19-22-25-27-29-31-33-35-36-37-38-39-40-41-43-44-46-48-51-54-57-60-63-66-69-75(78)81-72-73(71-80-74(77)68-65-62-59-56-53-50-24-21-18-15-12-9-6-3)82-76(79)70-67-64-61-58-55-52-49-47-45-42-34-32-30-28-26-23-20-17-14-11-8-5-2/h9,12,18,21,50,53,59,62,73H,4-8,10-11,13-17,19-20,22-49,51-52,54-58,60-61,63-72H2,1-3H3/b12-9-,21-18-,53-50-,62-59-. The maximum atomic E-state index is 12.9. The molecule has 0 bridgehead atoms. The van der Waals surface area contributed by atoms with Gasteiger partial charge in [-0.1, -0.05) is 384 Å². The van der Waals surface area contributed by atoms with Crippen molar-refractivity contribution in [2.24, 2.45) is 0 Å². The Balaban J connectivity index is 4.20. The maximum Gasteiger partial charge on any atom is 0.306 e. The highest BCUT2D eigenvalue weighted by Crippen LogP contribution is 2.19. The number of hydrogen-bond donors (Lipinski definition) is 0. The molecule has 6 heteroatoms. The third-order valence-corrected chi connectivity index (χ3v) is 16.6. The summed E-state index contributed by atoms with van der Waals surface area (Å²) in [6, 6.07) is 0. The van der Waals surface area contributed by atoms with E-state index in [-0.39, 0.29) is 37.5 Å². The van der Waals surface area contributed by atoms with Crippen molar-refractivity contribution >= 4 is 17.9 Å². The van der Waals surface area contributed by atoms with Crippen LogP contribution in [0.3, 0.4) is 0 Å². The molecule has 0 rings (SSSR count). The van der Waals surface area contributed by atoms with Crippen molar-refractivity contribution in [3.63, 3.8) is 0 Å². The minimum atomic E-state index is -0.800. The Morgan fingerprint density at radius 2 is 0.476 bits per heavy atom. The van der Waals surface area contributed by atoms with E-state index in [2.05, 4.69) is 63.3 Å². The molecule has 0 heterocycles. The largest absolute Gasteiger partial charge is 0.462 e. The monoisotopic (exact) mass is 1150 g/mol. The molecule has 0 fully saturated rings. The highest BCUT2D eigenvalue weighted by atomic mass is 16.6. The number of carbonyl (C=O) groups is 3. The molecule has 0 saturated carbocycles. The van der Waals surface area contributed by atoms with Crippen LogP contribution in [0, 0.1) is 0 Å². The summed E-state index contributed by atoms with van der Waals surface area (Å²) >= 11 is 0. The molecule has 0 aromatic heterocycles. The van der Waals surface area contributed by atoms with Gasteiger partial charge in [0, 0.05) is 19.3 Å². The first-order valence-electron chi connectivity index (χ1n) is 36.6. The van der Waals surface area contributed by atoms with Gasteiger partial charge in [0.2, 0.25) is 0 Å². The molecule has 480 valence electrons. The molecule has 0 aromatic rings. The topological polar surface area (TPSA) is 78.9 Å². The maximum absolute atomic E-state index is 12.9. The lowest BCUT2D eigenvalue weighted by Crippen LogP contribution is -2.30. The van der Waals surface area contributed by atoms with Gasteiger partial charge >= 0.3 is 17.9 Å². The van der Waals surface area contributed by atoms with E-state index in [0.29, 0.717) is 19.3 Å². The third-order valence-electron chi connectivity index (χ3n) is 16.6. The summed E-state index contributed by atoms with van der Waals surface area (Å²) in [6.07, 6.45) is 90.4. The molecule has 0 saturated heterocycles. The molecular formula is C76H140O6. The SMILES string of the molecule is CC/C=C\C/C=C\C/C=C\C/C=C\CCC(=O)OCC(COC(=O)CCCCCCCCCCCCCCCCCCCCCCCCCCCCCCC)OC(=O)CCCCCCCCCCCCCCCCCCCCCCCC. The number of ether oxygens (including phenoxy) is 3. The fraction of sp³-hybridized carbons (Fsp3) is 0.855. The summed E-state index contributed by atoms with van der Waals surface area (Å²) < 4.78 is 16.9. The van der Waals surface area contributed by atoms with Gasteiger partial charge in [-0.2, -0.15) is 0 Å². The van der Waals surface area contributed by atoms with Gasteiger partial charge in [-0.05, 0) is 44.9 Å². The van der Waals surface area contributed by atoms with E-state index >= 15 is 0 Å². The van der Waals surface area contributed by atoms with Crippen molar-refractivity contribution in [2.45, 2.75) is 406 Å². The number of esters is 3. The third kappa shape index (κ3) is 68.2. The number of carbonyl (C=O) groups excluding carboxylic acids is 3. The molecule has 0 aliphatic carbocycles. The molecule has 82 heavy (non-hydrogen) atoms. The van der Waals surface area contributed by atoms with E-state index in [0.717, 1.165) is 64.2 Å². The average Bonchev–Trinajstić information content (AvgIpc) is 3.48. The fourth-order valence-electron chi connectivity index (χ4n) is 11.2. The van der Waals surface area contributed by atoms with Gasteiger partial charge in [0.25, 0.3) is 0 Å². The van der Waals surface area contributed by atoms with E-state index in [1.807, 2.05) is 6.08 Å². The lowest BCUT2D eigenvalue weighted by Gasteiger charge is -2.18. The number of rotatable bonds is 68. The van der Waals surface area contributed by atoms with Crippen LogP contribution in [0.4, 0.5) is 0 Å². The molecule has 0 N–H and O–H groups in total. The van der Waals surface area contributed by atoms with E-state index in [4.69, 9.17) is 14.2 Å². The van der Waals surface area contributed by atoms with Crippen LogP contribution in [0.25, 0.3) is 0 Å². The van der Waals surface area contributed by atoms with Crippen LogP contribution in [0.5, 0.6) is 0 Å². The van der Waals surface area contributed by atoms with Gasteiger partial charge in [-0.3, -0.25) is 14.4 Å². The summed E-state index contributed by atoms with van der Waals surface area (Å²) in [4.78, 5) is 38.4. The predicted molar refractivity (Wildman–Crippen MR) is 358 cm³/mol. The molecule has 0 aromatic carbocycles. The quantitative estimate of drug-likeness (QED) is 0.0261. The van der Waals surface area contributed by atoms with Crippen LogP contribution in [-0.2, 0) is 28.6 Å². The van der Waals surface area contributed by atoms with Crippen LogP contribution >= 0.6 is 0 Å². The Kier molecular flexibility index (Phi) is 68.6. The van der Waals surface area contributed by atoms with Crippen molar-refractivity contribution < 1.29 is 28.6 Å². The van der Waals surface area contributed by atoms with Gasteiger partial charge in [-0.25, -0.2) is 0 Å².